The summed E-state index contributed by atoms with van der Waals surface area (Å²) in [5, 5.41) is 13.3. The number of aryl methyl sites for hydroxylation is 1. The fourth-order valence-electron chi connectivity index (χ4n) is 1.98. The average molecular weight is 289 g/mol. The van der Waals surface area contributed by atoms with Gasteiger partial charge in [0.05, 0.1) is 5.41 Å². The van der Waals surface area contributed by atoms with E-state index in [2.05, 4.69) is 15.1 Å². The van der Waals surface area contributed by atoms with Gasteiger partial charge < -0.3 is 9.63 Å². The van der Waals surface area contributed by atoms with Crippen LogP contribution < -0.4 is 0 Å². The Hall–Kier alpha value is -2.24. The van der Waals surface area contributed by atoms with Crippen LogP contribution in [-0.2, 0) is 11.2 Å². The molecule has 2 rings (SSSR count). The SMILES string of the molecule is Cc1cccnc1-c1noc(CC(C)(C(=O)O)C(C)C)n1. The largest absolute Gasteiger partial charge is 0.481 e. The number of aromatic nitrogens is 3. The lowest BCUT2D eigenvalue weighted by Crippen LogP contribution is -2.35. The van der Waals surface area contributed by atoms with E-state index in [1.54, 1.807) is 13.1 Å². The molecular formula is C15H19N3O3. The second-order valence-electron chi connectivity index (χ2n) is 5.73. The monoisotopic (exact) mass is 289 g/mol. The first-order chi connectivity index (χ1) is 9.84. The highest BCUT2D eigenvalue weighted by atomic mass is 16.5. The van der Waals surface area contributed by atoms with Crippen molar-refractivity contribution in [2.75, 3.05) is 0 Å². The fourth-order valence-corrected chi connectivity index (χ4v) is 1.98. The van der Waals surface area contributed by atoms with E-state index in [4.69, 9.17) is 4.52 Å². The van der Waals surface area contributed by atoms with E-state index < -0.39 is 11.4 Å². The number of pyridine rings is 1. The standard InChI is InChI=1S/C15H19N3O3/c1-9(2)15(4,14(19)20)8-11-17-13(18-21-11)12-10(3)6-5-7-16-12/h5-7,9H,8H2,1-4H3,(H,19,20). The van der Waals surface area contributed by atoms with E-state index in [0.717, 1.165) is 5.56 Å². The smallest absolute Gasteiger partial charge is 0.310 e. The summed E-state index contributed by atoms with van der Waals surface area (Å²) < 4.78 is 5.21. The lowest BCUT2D eigenvalue weighted by atomic mass is 9.76. The lowest BCUT2D eigenvalue weighted by Gasteiger charge is -2.27. The Morgan fingerprint density at radius 1 is 1.48 bits per heavy atom. The van der Waals surface area contributed by atoms with Crippen LogP contribution in [0.4, 0.5) is 0 Å². The third-order valence-corrected chi connectivity index (χ3v) is 3.97. The first-order valence-corrected chi connectivity index (χ1v) is 6.82. The number of rotatable bonds is 5. The van der Waals surface area contributed by atoms with Crippen molar-refractivity contribution < 1.29 is 14.4 Å². The molecule has 1 atom stereocenters. The van der Waals surface area contributed by atoms with E-state index in [0.29, 0.717) is 17.4 Å². The second kappa shape index (κ2) is 5.63. The van der Waals surface area contributed by atoms with Crippen LogP contribution in [0.5, 0.6) is 0 Å². The quantitative estimate of drug-likeness (QED) is 0.910. The molecule has 21 heavy (non-hydrogen) atoms. The maximum Gasteiger partial charge on any atom is 0.310 e. The molecule has 6 nitrogen and oxygen atoms in total. The number of aliphatic carboxylic acids is 1. The summed E-state index contributed by atoms with van der Waals surface area (Å²) in [5.41, 5.74) is 0.645. The molecule has 0 aromatic carbocycles. The Morgan fingerprint density at radius 2 is 2.19 bits per heavy atom. The summed E-state index contributed by atoms with van der Waals surface area (Å²) in [6.45, 7) is 7.34. The molecule has 1 unspecified atom stereocenters. The number of carbonyl (C=O) groups is 1. The van der Waals surface area contributed by atoms with Crippen LogP contribution in [0.1, 0.15) is 32.2 Å². The van der Waals surface area contributed by atoms with Crippen LogP contribution in [0.25, 0.3) is 11.5 Å². The van der Waals surface area contributed by atoms with Gasteiger partial charge in [-0.15, -0.1) is 0 Å². The third kappa shape index (κ3) is 2.94. The number of carboxylic acid groups (broad SMARTS) is 1. The topological polar surface area (TPSA) is 89.1 Å². The lowest BCUT2D eigenvalue weighted by molar-refractivity contribution is -0.150. The van der Waals surface area contributed by atoms with Crippen molar-refractivity contribution in [1.29, 1.82) is 0 Å². The molecule has 0 saturated carbocycles. The van der Waals surface area contributed by atoms with Gasteiger partial charge in [-0.25, -0.2) is 0 Å². The Bertz CT molecular complexity index is 651. The maximum atomic E-state index is 11.5. The van der Waals surface area contributed by atoms with Gasteiger partial charge in [0.1, 0.15) is 5.69 Å². The zero-order valence-corrected chi connectivity index (χ0v) is 12.6. The zero-order valence-electron chi connectivity index (χ0n) is 12.6. The Kier molecular flexibility index (Phi) is 4.06. The van der Waals surface area contributed by atoms with E-state index in [9.17, 15) is 9.90 Å². The van der Waals surface area contributed by atoms with Crippen LogP contribution in [0.15, 0.2) is 22.9 Å². The van der Waals surface area contributed by atoms with Crippen LogP contribution in [-0.4, -0.2) is 26.2 Å². The average Bonchev–Trinajstić information content (AvgIpc) is 2.86. The Morgan fingerprint density at radius 3 is 2.76 bits per heavy atom. The third-order valence-electron chi connectivity index (χ3n) is 3.97. The van der Waals surface area contributed by atoms with E-state index >= 15 is 0 Å². The molecule has 0 amide bonds. The van der Waals surface area contributed by atoms with Crippen molar-refractivity contribution in [1.82, 2.24) is 15.1 Å². The highest BCUT2D eigenvalue weighted by Crippen LogP contribution is 2.31. The molecule has 2 aromatic heterocycles. The summed E-state index contributed by atoms with van der Waals surface area (Å²) in [6, 6.07) is 3.74. The van der Waals surface area contributed by atoms with Crippen molar-refractivity contribution in [2.24, 2.45) is 11.3 Å². The highest BCUT2D eigenvalue weighted by molar-refractivity contribution is 5.74. The van der Waals surface area contributed by atoms with Gasteiger partial charge in [-0.1, -0.05) is 25.1 Å². The number of carboxylic acids is 1. The number of hydrogen-bond donors (Lipinski definition) is 1. The summed E-state index contributed by atoms with van der Waals surface area (Å²) in [4.78, 5) is 20.0. The highest BCUT2D eigenvalue weighted by Gasteiger charge is 2.38. The van der Waals surface area contributed by atoms with E-state index in [1.165, 1.54) is 0 Å². The van der Waals surface area contributed by atoms with Gasteiger partial charge >= 0.3 is 5.97 Å². The van der Waals surface area contributed by atoms with Gasteiger partial charge in [0.25, 0.3) is 0 Å². The van der Waals surface area contributed by atoms with E-state index in [1.807, 2.05) is 32.9 Å². The molecule has 2 heterocycles. The summed E-state index contributed by atoms with van der Waals surface area (Å²) in [6.07, 6.45) is 1.85. The molecule has 0 bridgehead atoms. The van der Waals surface area contributed by atoms with E-state index in [-0.39, 0.29) is 12.3 Å². The van der Waals surface area contributed by atoms with Crippen molar-refractivity contribution in [3.05, 3.63) is 29.8 Å². The Labute approximate surface area is 123 Å². The van der Waals surface area contributed by atoms with Crippen molar-refractivity contribution >= 4 is 5.97 Å². The second-order valence-corrected chi connectivity index (χ2v) is 5.73. The molecule has 0 aliphatic rings. The summed E-state index contributed by atoms with van der Waals surface area (Å²) in [5.74, 6) is -0.221. The van der Waals surface area contributed by atoms with Gasteiger partial charge in [-0.3, -0.25) is 9.78 Å². The molecule has 0 saturated heterocycles. The van der Waals surface area contributed by atoms with Crippen LogP contribution in [0.3, 0.4) is 0 Å². The predicted molar refractivity (Wildman–Crippen MR) is 76.6 cm³/mol. The molecule has 6 heteroatoms. The molecule has 1 N–H and O–H groups in total. The first-order valence-electron chi connectivity index (χ1n) is 6.82. The first kappa shape index (κ1) is 15.2. The Balaban J connectivity index is 2.29. The van der Waals surface area contributed by atoms with Gasteiger partial charge in [0, 0.05) is 12.6 Å². The van der Waals surface area contributed by atoms with Gasteiger partial charge in [-0.2, -0.15) is 4.98 Å². The molecular weight excluding hydrogens is 270 g/mol. The van der Waals surface area contributed by atoms with Crippen LogP contribution in [0, 0.1) is 18.3 Å². The van der Waals surface area contributed by atoms with Gasteiger partial charge in [-0.05, 0) is 31.4 Å². The normalized spacial score (nSPS) is 14.1. The van der Waals surface area contributed by atoms with Gasteiger partial charge in [0.2, 0.25) is 11.7 Å². The van der Waals surface area contributed by atoms with Crippen molar-refractivity contribution in [3.8, 4) is 11.5 Å². The molecule has 0 aliphatic heterocycles. The van der Waals surface area contributed by atoms with Crippen molar-refractivity contribution in [3.63, 3.8) is 0 Å². The minimum absolute atomic E-state index is 0.0538. The van der Waals surface area contributed by atoms with Crippen molar-refractivity contribution in [2.45, 2.75) is 34.1 Å². The number of nitrogens with zero attached hydrogens (tertiary/aromatic N) is 3. The van der Waals surface area contributed by atoms with Crippen LogP contribution >= 0.6 is 0 Å². The van der Waals surface area contributed by atoms with Crippen LogP contribution in [0.2, 0.25) is 0 Å². The summed E-state index contributed by atoms with van der Waals surface area (Å²) >= 11 is 0. The maximum absolute atomic E-state index is 11.5. The minimum Gasteiger partial charge on any atom is -0.481 e. The zero-order chi connectivity index (χ0) is 15.6. The molecule has 2 aromatic rings. The molecule has 0 spiro atoms. The fraction of sp³-hybridized carbons (Fsp3) is 0.467. The summed E-state index contributed by atoms with van der Waals surface area (Å²) in [7, 11) is 0. The number of hydrogen-bond acceptors (Lipinski definition) is 5. The molecule has 0 aliphatic carbocycles. The molecule has 112 valence electrons. The minimum atomic E-state index is -0.942. The molecule has 0 radical (unpaired) electrons. The van der Waals surface area contributed by atoms with Gasteiger partial charge in [0.15, 0.2) is 0 Å². The molecule has 0 fully saturated rings. The predicted octanol–water partition coefficient (Wildman–Crippen LogP) is 2.73.